The summed E-state index contributed by atoms with van der Waals surface area (Å²) in [6, 6.07) is 25.6. The number of para-hydroxylation sites is 1. The van der Waals surface area contributed by atoms with Crippen LogP contribution in [0.2, 0.25) is 0 Å². The first-order valence-corrected chi connectivity index (χ1v) is 13.0. The number of amides is 1. The van der Waals surface area contributed by atoms with Crippen molar-refractivity contribution in [1.82, 2.24) is 19.8 Å². The highest BCUT2D eigenvalue weighted by molar-refractivity contribution is 7.80. The van der Waals surface area contributed by atoms with Gasteiger partial charge in [0.15, 0.2) is 5.11 Å². The number of methoxy groups -OCH3 is 1. The van der Waals surface area contributed by atoms with E-state index in [1.165, 1.54) is 0 Å². The van der Waals surface area contributed by atoms with Crippen molar-refractivity contribution < 1.29 is 9.53 Å². The molecule has 2 unspecified atom stereocenters. The molecule has 1 amide bonds. The van der Waals surface area contributed by atoms with Gasteiger partial charge in [-0.15, -0.1) is 0 Å². The van der Waals surface area contributed by atoms with Crippen molar-refractivity contribution in [3.8, 4) is 11.4 Å². The van der Waals surface area contributed by atoms with Gasteiger partial charge in [-0.2, -0.15) is 0 Å². The average Bonchev–Trinajstić information content (AvgIpc) is 3.48. The summed E-state index contributed by atoms with van der Waals surface area (Å²) >= 11 is 5.83. The summed E-state index contributed by atoms with van der Waals surface area (Å²) in [6.07, 6.45) is 2.09. The molecule has 1 fully saturated rings. The van der Waals surface area contributed by atoms with Crippen molar-refractivity contribution in [3.05, 3.63) is 108 Å². The number of aryl methyl sites for hydroxylation is 2. The third kappa shape index (κ3) is 5.13. The van der Waals surface area contributed by atoms with Crippen molar-refractivity contribution in [1.29, 1.82) is 0 Å². The third-order valence-corrected chi connectivity index (χ3v) is 7.29. The van der Waals surface area contributed by atoms with E-state index in [1.807, 2.05) is 73.7 Å². The second-order valence-corrected chi connectivity index (χ2v) is 9.75. The van der Waals surface area contributed by atoms with E-state index in [2.05, 4.69) is 44.1 Å². The minimum atomic E-state index is -0.172. The van der Waals surface area contributed by atoms with Crippen molar-refractivity contribution in [2.24, 2.45) is 0 Å². The fraction of sp³-hybridized carbons (Fsp3) is 0.233. The van der Waals surface area contributed by atoms with Gasteiger partial charge in [0, 0.05) is 41.9 Å². The number of thiocarbonyl (C=S) groups is 1. The molecule has 5 rings (SSSR count). The van der Waals surface area contributed by atoms with Crippen LogP contribution in [0.15, 0.2) is 85.1 Å². The fourth-order valence-electron chi connectivity index (χ4n) is 4.99. The second-order valence-electron chi connectivity index (χ2n) is 9.37. The van der Waals surface area contributed by atoms with Crippen molar-refractivity contribution >= 4 is 28.9 Å². The Balaban J connectivity index is 1.47. The van der Waals surface area contributed by atoms with E-state index in [4.69, 9.17) is 17.0 Å². The first-order chi connectivity index (χ1) is 18.5. The number of nitrogens with one attached hydrogen (secondary N) is 2. The van der Waals surface area contributed by atoms with E-state index in [0.717, 1.165) is 39.8 Å². The summed E-state index contributed by atoms with van der Waals surface area (Å²) in [5.41, 5.74) is 5.94. The van der Waals surface area contributed by atoms with Crippen molar-refractivity contribution in [2.75, 3.05) is 19.0 Å². The number of hydrogen-bond donors (Lipinski definition) is 2. The maximum Gasteiger partial charge on any atom is 0.226 e. The lowest BCUT2D eigenvalue weighted by Crippen LogP contribution is -2.33. The van der Waals surface area contributed by atoms with Crippen LogP contribution in [0, 0.1) is 13.8 Å². The minimum Gasteiger partial charge on any atom is -0.497 e. The molecule has 1 aliphatic heterocycles. The Morgan fingerprint density at radius 2 is 1.79 bits per heavy atom. The van der Waals surface area contributed by atoms with Crippen molar-refractivity contribution in [2.45, 2.75) is 32.4 Å². The third-order valence-electron chi connectivity index (χ3n) is 6.94. The van der Waals surface area contributed by atoms with Gasteiger partial charge in [-0.25, -0.2) is 0 Å². The van der Waals surface area contributed by atoms with Gasteiger partial charge in [0.05, 0.1) is 24.9 Å². The summed E-state index contributed by atoms with van der Waals surface area (Å²) in [6.45, 7) is 4.53. The van der Waals surface area contributed by atoms with Gasteiger partial charge in [0.25, 0.3) is 0 Å². The number of pyridine rings is 1. The Morgan fingerprint density at radius 1 is 1.03 bits per heavy atom. The Morgan fingerprint density at radius 3 is 2.50 bits per heavy atom. The van der Waals surface area contributed by atoms with Gasteiger partial charge < -0.3 is 24.8 Å². The first kappa shape index (κ1) is 25.5. The smallest absolute Gasteiger partial charge is 0.226 e. The number of aromatic nitrogens is 2. The average molecular weight is 526 g/mol. The number of rotatable bonds is 8. The highest BCUT2D eigenvalue weighted by Crippen LogP contribution is 2.40. The molecule has 0 aliphatic carbocycles. The van der Waals surface area contributed by atoms with Crippen LogP contribution in [0.4, 0.5) is 5.69 Å². The molecule has 1 saturated heterocycles. The number of carbonyl (C=O) groups is 1. The standard InChI is InChI=1S/C30H31N5O2S/c1-20-8-4-5-9-24(20)32-27(36)17-19-34-29(28(33-30(34)38)25-10-6-7-18-31-25)26-16-11-21(2)35(26)22-12-14-23(37-3)15-13-22/h4-16,18,28-29H,17,19H2,1-3H3,(H,32,36)(H,33,38). The Hall–Kier alpha value is -4.17. The van der Waals surface area contributed by atoms with E-state index in [0.29, 0.717) is 18.1 Å². The molecule has 2 N–H and O–H groups in total. The van der Waals surface area contributed by atoms with E-state index in [9.17, 15) is 4.79 Å². The summed E-state index contributed by atoms with van der Waals surface area (Å²) in [4.78, 5) is 19.7. The highest BCUT2D eigenvalue weighted by atomic mass is 32.1. The zero-order valence-electron chi connectivity index (χ0n) is 21.7. The van der Waals surface area contributed by atoms with Gasteiger partial charge in [-0.1, -0.05) is 24.3 Å². The summed E-state index contributed by atoms with van der Waals surface area (Å²) in [7, 11) is 1.66. The lowest BCUT2D eigenvalue weighted by Gasteiger charge is -2.29. The molecule has 2 aromatic carbocycles. The molecule has 38 heavy (non-hydrogen) atoms. The molecule has 0 bridgehead atoms. The summed E-state index contributed by atoms with van der Waals surface area (Å²) < 4.78 is 7.60. The summed E-state index contributed by atoms with van der Waals surface area (Å²) in [5.74, 6) is 0.750. The fourth-order valence-corrected chi connectivity index (χ4v) is 5.32. The van der Waals surface area contributed by atoms with Gasteiger partial charge >= 0.3 is 0 Å². The molecule has 0 radical (unpaired) electrons. The topological polar surface area (TPSA) is 71.4 Å². The number of anilines is 1. The number of hydrogen-bond acceptors (Lipinski definition) is 4. The Kier molecular flexibility index (Phi) is 7.42. The van der Waals surface area contributed by atoms with Gasteiger partial charge in [-0.3, -0.25) is 9.78 Å². The Bertz CT molecular complexity index is 1430. The minimum absolute atomic E-state index is 0.0520. The lowest BCUT2D eigenvalue weighted by molar-refractivity contribution is -0.116. The second kappa shape index (κ2) is 11.1. The van der Waals surface area contributed by atoms with Crippen molar-refractivity contribution in [3.63, 3.8) is 0 Å². The highest BCUT2D eigenvalue weighted by Gasteiger charge is 2.41. The predicted molar refractivity (Wildman–Crippen MR) is 154 cm³/mol. The van der Waals surface area contributed by atoms with E-state index >= 15 is 0 Å². The maximum atomic E-state index is 12.9. The van der Waals surface area contributed by atoms with Crippen LogP contribution < -0.4 is 15.4 Å². The van der Waals surface area contributed by atoms with Crippen LogP contribution in [0.1, 0.15) is 41.1 Å². The van der Waals surface area contributed by atoms with E-state index in [1.54, 1.807) is 13.3 Å². The Labute approximate surface area is 228 Å². The van der Waals surface area contributed by atoms with Crippen LogP contribution in [-0.2, 0) is 4.79 Å². The number of benzene rings is 2. The predicted octanol–water partition coefficient (Wildman–Crippen LogP) is 5.50. The molecule has 2 atom stereocenters. The largest absolute Gasteiger partial charge is 0.497 e. The first-order valence-electron chi connectivity index (χ1n) is 12.6. The molecule has 194 valence electrons. The number of ether oxygens (including phenoxy) is 1. The molecule has 8 heteroatoms. The SMILES string of the molecule is COc1ccc(-n2c(C)ccc2C2C(c3ccccn3)NC(=S)N2CCC(=O)Nc2ccccc2C)cc1. The van der Waals surface area contributed by atoms with E-state index < -0.39 is 0 Å². The van der Waals surface area contributed by atoms with Crippen LogP contribution in [0.3, 0.4) is 0 Å². The zero-order valence-corrected chi connectivity index (χ0v) is 22.5. The monoisotopic (exact) mass is 525 g/mol. The maximum absolute atomic E-state index is 12.9. The molecule has 0 spiro atoms. The lowest BCUT2D eigenvalue weighted by atomic mass is 10.0. The van der Waals surface area contributed by atoms with Gasteiger partial charge in [-0.05, 0) is 86.2 Å². The molecule has 0 saturated carbocycles. The van der Waals surface area contributed by atoms with Gasteiger partial charge in [0.2, 0.25) is 5.91 Å². The van der Waals surface area contributed by atoms with Gasteiger partial charge in [0.1, 0.15) is 5.75 Å². The molecule has 4 aromatic rings. The number of nitrogens with zero attached hydrogens (tertiary/aromatic N) is 3. The normalized spacial score (nSPS) is 16.8. The summed E-state index contributed by atoms with van der Waals surface area (Å²) in [5, 5.41) is 7.13. The molecule has 3 heterocycles. The molecular formula is C30H31N5O2S. The molecule has 2 aromatic heterocycles. The molecule has 7 nitrogen and oxygen atoms in total. The van der Waals surface area contributed by atoms with Crippen LogP contribution >= 0.6 is 12.2 Å². The molecular weight excluding hydrogens is 494 g/mol. The molecule has 1 aliphatic rings. The van der Waals surface area contributed by atoms with Crippen LogP contribution in [0.5, 0.6) is 5.75 Å². The quantitative estimate of drug-likeness (QED) is 0.296. The van der Waals surface area contributed by atoms with Crippen LogP contribution in [-0.4, -0.2) is 39.1 Å². The zero-order chi connectivity index (χ0) is 26.6. The van der Waals surface area contributed by atoms with Crippen LogP contribution in [0.25, 0.3) is 5.69 Å². The number of carbonyl (C=O) groups excluding carboxylic acids is 1. The van der Waals surface area contributed by atoms with E-state index in [-0.39, 0.29) is 18.0 Å².